The van der Waals surface area contributed by atoms with Gasteiger partial charge in [0.2, 0.25) is 0 Å². The minimum atomic E-state index is 0.468. The molecule has 0 amide bonds. The van der Waals surface area contributed by atoms with Gasteiger partial charge in [-0.05, 0) is 70.8 Å². The Labute approximate surface area is 122 Å². The third kappa shape index (κ3) is 2.59. The van der Waals surface area contributed by atoms with Gasteiger partial charge in [-0.25, -0.2) is 0 Å². The van der Waals surface area contributed by atoms with E-state index in [9.17, 15) is 0 Å². The minimum Gasteiger partial charge on any atom is -0.309 e. The molecule has 2 aromatic carbocycles. The Morgan fingerprint density at radius 3 is 2.67 bits per heavy atom. The van der Waals surface area contributed by atoms with Crippen molar-refractivity contribution in [2.24, 2.45) is 0 Å². The molecule has 1 unspecified atom stereocenters. The SMILES string of the molecule is Ic1ccc(CC2NCCc3ccccc32)cc1. The summed E-state index contributed by atoms with van der Waals surface area (Å²) in [6.45, 7) is 1.09. The van der Waals surface area contributed by atoms with Crippen LogP contribution in [-0.2, 0) is 12.8 Å². The molecule has 0 radical (unpaired) electrons. The molecule has 1 nitrogen and oxygen atoms in total. The molecule has 1 atom stereocenters. The smallest absolute Gasteiger partial charge is 0.0363 e. The van der Waals surface area contributed by atoms with Crippen LogP contribution in [0.2, 0.25) is 0 Å². The lowest BCUT2D eigenvalue weighted by Gasteiger charge is -2.27. The van der Waals surface area contributed by atoms with Gasteiger partial charge in [-0.1, -0.05) is 36.4 Å². The van der Waals surface area contributed by atoms with Gasteiger partial charge in [0.05, 0.1) is 0 Å². The van der Waals surface area contributed by atoms with Gasteiger partial charge in [0.25, 0.3) is 0 Å². The highest BCUT2D eigenvalue weighted by atomic mass is 127. The number of hydrogen-bond donors (Lipinski definition) is 1. The Hall–Kier alpha value is -0.870. The van der Waals surface area contributed by atoms with Crippen LogP contribution in [0.3, 0.4) is 0 Å². The predicted molar refractivity (Wildman–Crippen MR) is 83.8 cm³/mol. The molecule has 3 rings (SSSR count). The maximum Gasteiger partial charge on any atom is 0.0363 e. The largest absolute Gasteiger partial charge is 0.309 e. The average Bonchev–Trinajstić information content (AvgIpc) is 2.42. The van der Waals surface area contributed by atoms with Crippen LogP contribution >= 0.6 is 22.6 Å². The van der Waals surface area contributed by atoms with E-state index in [4.69, 9.17) is 0 Å². The van der Waals surface area contributed by atoms with E-state index in [1.807, 2.05) is 0 Å². The molecule has 0 saturated heterocycles. The zero-order chi connectivity index (χ0) is 12.4. The summed E-state index contributed by atoms with van der Waals surface area (Å²) in [6.07, 6.45) is 2.23. The molecule has 2 aromatic rings. The maximum atomic E-state index is 3.64. The van der Waals surface area contributed by atoms with Crippen LogP contribution < -0.4 is 5.32 Å². The highest BCUT2D eigenvalue weighted by Gasteiger charge is 2.18. The second-order valence-corrected chi connectivity index (χ2v) is 6.03. The van der Waals surface area contributed by atoms with E-state index < -0.39 is 0 Å². The third-order valence-electron chi connectivity index (χ3n) is 3.57. The van der Waals surface area contributed by atoms with Gasteiger partial charge in [0, 0.05) is 9.61 Å². The van der Waals surface area contributed by atoms with Crippen LogP contribution in [0, 0.1) is 3.57 Å². The van der Waals surface area contributed by atoms with E-state index in [0.717, 1.165) is 19.4 Å². The molecular formula is C16H16IN. The molecule has 18 heavy (non-hydrogen) atoms. The number of fused-ring (bicyclic) bond motifs is 1. The molecule has 1 N–H and O–H groups in total. The van der Waals surface area contributed by atoms with E-state index in [-0.39, 0.29) is 0 Å². The van der Waals surface area contributed by atoms with Crippen molar-refractivity contribution >= 4 is 22.6 Å². The van der Waals surface area contributed by atoms with Crippen molar-refractivity contribution in [1.29, 1.82) is 0 Å². The summed E-state index contributed by atoms with van der Waals surface area (Å²) in [5.74, 6) is 0. The van der Waals surface area contributed by atoms with Crippen molar-refractivity contribution in [2.45, 2.75) is 18.9 Å². The lowest BCUT2D eigenvalue weighted by Crippen LogP contribution is -2.31. The Morgan fingerprint density at radius 1 is 1.06 bits per heavy atom. The van der Waals surface area contributed by atoms with Crippen molar-refractivity contribution in [3.8, 4) is 0 Å². The summed E-state index contributed by atoms with van der Waals surface area (Å²) in [5.41, 5.74) is 4.39. The lowest BCUT2D eigenvalue weighted by molar-refractivity contribution is 0.502. The molecule has 0 aromatic heterocycles. The molecule has 2 heteroatoms. The molecule has 1 aliphatic heterocycles. The third-order valence-corrected chi connectivity index (χ3v) is 4.29. The van der Waals surface area contributed by atoms with Gasteiger partial charge in [-0.3, -0.25) is 0 Å². The average molecular weight is 349 g/mol. The van der Waals surface area contributed by atoms with Crippen molar-refractivity contribution in [1.82, 2.24) is 5.32 Å². The van der Waals surface area contributed by atoms with Crippen LogP contribution in [0.15, 0.2) is 48.5 Å². The van der Waals surface area contributed by atoms with Crippen molar-refractivity contribution < 1.29 is 0 Å². The summed E-state index contributed by atoms with van der Waals surface area (Å²) >= 11 is 2.35. The Kier molecular flexibility index (Phi) is 3.66. The Bertz CT molecular complexity index is 533. The standard InChI is InChI=1S/C16H16IN/c17-14-7-5-12(6-8-14)11-16-15-4-2-1-3-13(15)9-10-18-16/h1-8,16,18H,9-11H2. The second kappa shape index (κ2) is 5.41. The Balaban J connectivity index is 1.84. The molecule has 1 heterocycles. The van der Waals surface area contributed by atoms with Crippen molar-refractivity contribution in [2.75, 3.05) is 6.54 Å². The number of nitrogens with one attached hydrogen (secondary N) is 1. The Morgan fingerprint density at radius 2 is 1.83 bits per heavy atom. The first kappa shape index (κ1) is 12.2. The molecule has 0 spiro atoms. The zero-order valence-corrected chi connectivity index (χ0v) is 12.4. The molecule has 1 aliphatic rings. The molecule has 92 valence electrons. The number of hydrogen-bond acceptors (Lipinski definition) is 1. The summed E-state index contributed by atoms with van der Waals surface area (Å²) in [7, 11) is 0. The van der Waals surface area contributed by atoms with Gasteiger partial charge < -0.3 is 5.32 Å². The predicted octanol–water partition coefficient (Wildman–Crippen LogP) is 3.72. The van der Waals surface area contributed by atoms with Gasteiger partial charge in [0.15, 0.2) is 0 Å². The normalized spacial score (nSPS) is 18.4. The van der Waals surface area contributed by atoms with Gasteiger partial charge in [-0.15, -0.1) is 0 Å². The van der Waals surface area contributed by atoms with E-state index >= 15 is 0 Å². The topological polar surface area (TPSA) is 12.0 Å². The van der Waals surface area contributed by atoms with E-state index in [1.54, 1.807) is 0 Å². The van der Waals surface area contributed by atoms with E-state index in [2.05, 4.69) is 76.4 Å². The minimum absolute atomic E-state index is 0.468. The van der Waals surface area contributed by atoms with Crippen molar-refractivity contribution in [3.05, 3.63) is 68.8 Å². The van der Waals surface area contributed by atoms with Crippen molar-refractivity contribution in [3.63, 3.8) is 0 Å². The fraction of sp³-hybridized carbons (Fsp3) is 0.250. The first-order valence-electron chi connectivity index (χ1n) is 6.38. The van der Waals surface area contributed by atoms with Crippen LogP contribution in [0.1, 0.15) is 22.7 Å². The van der Waals surface area contributed by atoms with Crippen LogP contribution in [0.25, 0.3) is 0 Å². The number of benzene rings is 2. The van der Waals surface area contributed by atoms with E-state index in [0.29, 0.717) is 6.04 Å². The highest BCUT2D eigenvalue weighted by molar-refractivity contribution is 14.1. The number of rotatable bonds is 2. The van der Waals surface area contributed by atoms with Crippen LogP contribution in [0.4, 0.5) is 0 Å². The van der Waals surface area contributed by atoms with Crippen LogP contribution in [-0.4, -0.2) is 6.54 Å². The highest BCUT2D eigenvalue weighted by Crippen LogP contribution is 2.25. The van der Waals surface area contributed by atoms with Gasteiger partial charge in [0.1, 0.15) is 0 Å². The molecule has 0 saturated carbocycles. The molecule has 0 bridgehead atoms. The first-order chi connectivity index (χ1) is 8.83. The summed E-state index contributed by atoms with van der Waals surface area (Å²) in [5, 5.41) is 3.64. The summed E-state index contributed by atoms with van der Waals surface area (Å²) < 4.78 is 1.30. The lowest BCUT2D eigenvalue weighted by atomic mass is 9.90. The fourth-order valence-electron chi connectivity index (χ4n) is 2.63. The number of halogens is 1. The quantitative estimate of drug-likeness (QED) is 0.815. The first-order valence-corrected chi connectivity index (χ1v) is 7.46. The monoisotopic (exact) mass is 349 g/mol. The summed E-state index contributed by atoms with van der Waals surface area (Å²) in [4.78, 5) is 0. The second-order valence-electron chi connectivity index (χ2n) is 4.79. The molecule has 0 aliphatic carbocycles. The zero-order valence-electron chi connectivity index (χ0n) is 10.2. The maximum absolute atomic E-state index is 3.64. The van der Waals surface area contributed by atoms with Gasteiger partial charge in [-0.2, -0.15) is 0 Å². The van der Waals surface area contributed by atoms with E-state index in [1.165, 1.54) is 20.3 Å². The fourth-order valence-corrected chi connectivity index (χ4v) is 2.99. The molecular weight excluding hydrogens is 333 g/mol. The van der Waals surface area contributed by atoms with Gasteiger partial charge >= 0.3 is 0 Å². The molecule has 0 fully saturated rings. The summed E-state index contributed by atoms with van der Waals surface area (Å²) in [6, 6.07) is 18.1. The van der Waals surface area contributed by atoms with Crippen LogP contribution in [0.5, 0.6) is 0 Å².